The van der Waals surface area contributed by atoms with Crippen molar-refractivity contribution < 1.29 is 15.0 Å². The Morgan fingerprint density at radius 1 is 0.471 bits per heavy atom. The normalized spacial score (nSPS) is 13.3. The Kier molecular flexibility index (Phi) is 41.8. The zero-order valence-electron chi connectivity index (χ0n) is 34.4. The van der Waals surface area contributed by atoms with E-state index >= 15 is 0 Å². The fourth-order valence-corrected chi connectivity index (χ4v) is 6.86. The second-order valence-electron chi connectivity index (χ2n) is 15.5. The molecule has 2 unspecified atom stereocenters. The molecule has 0 spiro atoms. The molecule has 0 bridgehead atoms. The third kappa shape index (κ3) is 39.6. The van der Waals surface area contributed by atoms with Crippen molar-refractivity contribution in [1.82, 2.24) is 5.32 Å². The molecule has 0 radical (unpaired) electrons. The molecule has 0 aliphatic carbocycles. The third-order valence-corrected chi connectivity index (χ3v) is 10.4. The lowest BCUT2D eigenvalue weighted by atomic mass is 10.0. The third-order valence-electron chi connectivity index (χ3n) is 10.4. The molecule has 0 aliphatic heterocycles. The lowest BCUT2D eigenvalue weighted by Gasteiger charge is -2.20. The number of rotatable bonds is 41. The Labute approximate surface area is 319 Å². The highest BCUT2D eigenvalue weighted by molar-refractivity contribution is 5.76. The smallest absolute Gasteiger partial charge is 0.220 e. The van der Waals surface area contributed by atoms with Crippen LogP contribution in [0.2, 0.25) is 0 Å². The first-order valence-electron chi connectivity index (χ1n) is 22.7. The van der Waals surface area contributed by atoms with E-state index in [1.165, 1.54) is 186 Å². The summed E-state index contributed by atoms with van der Waals surface area (Å²) in [5.74, 6) is -0.0644. The maximum atomic E-state index is 12.4. The molecule has 51 heavy (non-hydrogen) atoms. The highest BCUT2D eigenvalue weighted by atomic mass is 16.3. The molecule has 0 aromatic carbocycles. The summed E-state index contributed by atoms with van der Waals surface area (Å²) in [5.41, 5.74) is 0. The molecule has 1 amide bonds. The molecule has 0 heterocycles. The molecular weight excluding hydrogens is 627 g/mol. The van der Waals surface area contributed by atoms with Crippen molar-refractivity contribution >= 4 is 5.91 Å². The molecule has 0 rings (SSSR count). The first-order chi connectivity index (χ1) is 25.2. The van der Waals surface area contributed by atoms with E-state index < -0.39 is 12.1 Å². The maximum absolute atomic E-state index is 12.4. The van der Waals surface area contributed by atoms with Crippen LogP contribution in [0, 0.1) is 0 Å². The Hall–Kier alpha value is -1.39. The van der Waals surface area contributed by atoms with E-state index in [1.54, 1.807) is 6.08 Å². The van der Waals surface area contributed by atoms with Gasteiger partial charge in [0.15, 0.2) is 0 Å². The molecule has 0 saturated heterocycles. The van der Waals surface area contributed by atoms with E-state index in [4.69, 9.17) is 0 Å². The quantitative estimate of drug-likeness (QED) is 0.0436. The summed E-state index contributed by atoms with van der Waals surface area (Å²) in [5, 5.41) is 22.9. The van der Waals surface area contributed by atoms with Crippen LogP contribution in [0.4, 0.5) is 0 Å². The minimum atomic E-state index is -0.835. The van der Waals surface area contributed by atoms with Crippen LogP contribution >= 0.6 is 0 Å². The lowest BCUT2D eigenvalue weighted by Crippen LogP contribution is -2.45. The molecule has 0 aromatic heterocycles. The first kappa shape index (κ1) is 49.6. The van der Waals surface area contributed by atoms with E-state index in [-0.39, 0.29) is 12.5 Å². The first-order valence-corrected chi connectivity index (χ1v) is 22.7. The Balaban J connectivity index is 3.45. The summed E-state index contributed by atoms with van der Waals surface area (Å²) in [4.78, 5) is 12.4. The van der Waals surface area contributed by atoms with Gasteiger partial charge in [-0.1, -0.05) is 217 Å². The van der Waals surface area contributed by atoms with Gasteiger partial charge in [0.2, 0.25) is 5.91 Å². The highest BCUT2D eigenvalue weighted by Gasteiger charge is 2.17. The van der Waals surface area contributed by atoms with Crippen molar-refractivity contribution in [2.45, 2.75) is 251 Å². The van der Waals surface area contributed by atoms with Crippen LogP contribution in [0.15, 0.2) is 36.5 Å². The van der Waals surface area contributed by atoms with Gasteiger partial charge in [0.1, 0.15) is 0 Å². The topological polar surface area (TPSA) is 69.6 Å². The number of carbonyl (C=O) groups excluding carboxylic acids is 1. The van der Waals surface area contributed by atoms with E-state index in [1.807, 2.05) is 6.08 Å². The SMILES string of the molecule is CCCCCCC/C=C\C/C=C\CCCCCCCCCCCCCCCCCCCC(=O)NC(CO)C(O)/C=C/CCCCCCCCCC. The van der Waals surface area contributed by atoms with Gasteiger partial charge in [0, 0.05) is 6.42 Å². The number of hydrogen-bond acceptors (Lipinski definition) is 3. The second-order valence-corrected chi connectivity index (χ2v) is 15.5. The summed E-state index contributed by atoms with van der Waals surface area (Å²) in [6.07, 6.45) is 57.0. The monoisotopic (exact) mass is 716 g/mol. The van der Waals surface area contributed by atoms with Crippen LogP contribution in [0.3, 0.4) is 0 Å². The molecule has 3 N–H and O–H groups in total. The maximum Gasteiger partial charge on any atom is 0.220 e. The van der Waals surface area contributed by atoms with Gasteiger partial charge in [-0.3, -0.25) is 4.79 Å². The van der Waals surface area contributed by atoms with Crippen LogP contribution in [-0.2, 0) is 4.79 Å². The molecule has 2 atom stereocenters. The van der Waals surface area contributed by atoms with Gasteiger partial charge in [-0.05, 0) is 51.4 Å². The van der Waals surface area contributed by atoms with Gasteiger partial charge in [0.05, 0.1) is 18.8 Å². The Bertz CT molecular complexity index is 775. The van der Waals surface area contributed by atoms with Crippen LogP contribution in [0.25, 0.3) is 0 Å². The van der Waals surface area contributed by atoms with Crippen LogP contribution < -0.4 is 5.32 Å². The van der Waals surface area contributed by atoms with Gasteiger partial charge >= 0.3 is 0 Å². The Morgan fingerprint density at radius 3 is 1.18 bits per heavy atom. The summed E-state index contributed by atoms with van der Waals surface area (Å²) < 4.78 is 0. The number of amides is 1. The fourth-order valence-electron chi connectivity index (χ4n) is 6.86. The zero-order valence-corrected chi connectivity index (χ0v) is 34.4. The van der Waals surface area contributed by atoms with E-state index in [0.29, 0.717) is 6.42 Å². The van der Waals surface area contributed by atoms with Crippen LogP contribution in [-0.4, -0.2) is 34.9 Å². The molecule has 4 heteroatoms. The van der Waals surface area contributed by atoms with E-state index in [0.717, 1.165) is 32.1 Å². The number of unbranched alkanes of at least 4 members (excludes halogenated alkanes) is 30. The summed E-state index contributed by atoms with van der Waals surface area (Å²) in [6, 6.07) is -0.618. The van der Waals surface area contributed by atoms with Crippen molar-refractivity contribution in [3.8, 4) is 0 Å². The minimum absolute atomic E-state index is 0.0644. The van der Waals surface area contributed by atoms with Crippen LogP contribution in [0.5, 0.6) is 0 Å². The largest absolute Gasteiger partial charge is 0.394 e. The predicted molar refractivity (Wildman–Crippen MR) is 225 cm³/mol. The number of nitrogens with one attached hydrogen (secondary N) is 1. The van der Waals surface area contributed by atoms with Crippen molar-refractivity contribution in [3.05, 3.63) is 36.5 Å². The summed E-state index contributed by atoms with van der Waals surface area (Å²) in [7, 11) is 0. The van der Waals surface area contributed by atoms with Gasteiger partial charge in [0.25, 0.3) is 0 Å². The number of hydrogen-bond donors (Lipinski definition) is 3. The second kappa shape index (κ2) is 43.0. The molecule has 0 fully saturated rings. The van der Waals surface area contributed by atoms with E-state index in [2.05, 4.69) is 43.5 Å². The Morgan fingerprint density at radius 2 is 0.804 bits per heavy atom. The van der Waals surface area contributed by atoms with E-state index in [9.17, 15) is 15.0 Å². The van der Waals surface area contributed by atoms with Gasteiger partial charge in [-0.2, -0.15) is 0 Å². The molecule has 4 nitrogen and oxygen atoms in total. The molecular formula is C47H89NO3. The van der Waals surface area contributed by atoms with Gasteiger partial charge in [-0.25, -0.2) is 0 Å². The lowest BCUT2D eigenvalue weighted by molar-refractivity contribution is -0.123. The average Bonchev–Trinajstić information content (AvgIpc) is 3.13. The van der Waals surface area contributed by atoms with Gasteiger partial charge < -0.3 is 15.5 Å². The molecule has 0 saturated carbocycles. The van der Waals surface area contributed by atoms with Crippen molar-refractivity contribution in [2.75, 3.05) is 6.61 Å². The average molecular weight is 716 g/mol. The summed E-state index contributed by atoms with van der Waals surface area (Å²) >= 11 is 0. The zero-order chi connectivity index (χ0) is 37.1. The van der Waals surface area contributed by atoms with Crippen molar-refractivity contribution in [2.24, 2.45) is 0 Å². The van der Waals surface area contributed by atoms with Crippen molar-refractivity contribution in [1.29, 1.82) is 0 Å². The minimum Gasteiger partial charge on any atom is -0.394 e. The molecule has 300 valence electrons. The van der Waals surface area contributed by atoms with Crippen LogP contribution in [0.1, 0.15) is 239 Å². The predicted octanol–water partition coefficient (Wildman–Crippen LogP) is 14.2. The van der Waals surface area contributed by atoms with Crippen molar-refractivity contribution in [3.63, 3.8) is 0 Å². The van der Waals surface area contributed by atoms with Gasteiger partial charge in [-0.15, -0.1) is 0 Å². The number of aliphatic hydroxyl groups excluding tert-OH is 2. The number of aliphatic hydroxyl groups is 2. The number of carbonyl (C=O) groups is 1. The summed E-state index contributed by atoms with van der Waals surface area (Å²) in [6.45, 7) is 4.28. The molecule has 0 aliphatic rings. The highest BCUT2D eigenvalue weighted by Crippen LogP contribution is 2.15. The fraction of sp³-hybridized carbons (Fsp3) is 0.851. The number of allylic oxidation sites excluding steroid dienone is 5. The molecule has 0 aromatic rings. The standard InChI is InChI=1S/C47H89NO3/c1-3-5-7-9-11-13-15-16-17-18-19-20-21-22-23-24-25-26-27-28-29-30-31-32-33-35-37-39-41-43-47(51)48-45(44-49)46(50)42-40-38-36-34-14-12-10-8-6-4-2/h15-16,18-19,40,42,45-46,49-50H,3-14,17,20-39,41,43-44H2,1-2H3,(H,48,51)/b16-15-,19-18-,42-40+.